The first-order chi connectivity index (χ1) is 13.2. The predicted octanol–water partition coefficient (Wildman–Crippen LogP) is 5.50. The smallest absolute Gasteiger partial charge is 0.322 e. The number of amides is 1. The van der Waals surface area contributed by atoms with E-state index < -0.39 is 0 Å². The van der Waals surface area contributed by atoms with Crippen molar-refractivity contribution < 1.29 is 13.9 Å². The van der Waals surface area contributed by atoms with Crippen LogP contribution >= 0.6 is 22.9 Å². The molecule has 1 N–H and O–H groups in total. The van der Waals surface area contributed by atoms with E-state index in [2.05, 4.69) is 15.5 Å². The van der Waals surface area contributed by atoms with Gasteiger partial charge in [0.1, 0.15) is 11.5 Å². The van der Waals surface area contributed by atoms with Crippen LogP contribution in [0.15, 0.2) is 71.1 Å². The minimum atomic E-state index is -0.360. The van der Waals surface area contributed by atoms with Crippen molar-refractivity contribution in [3.05, 3.63) is 76.6 Å². The molecule has 0 aliphatic rings. The minimum absolute atomic E-state index is 0.0177. The molecule has 0 radical (unpaired) electrons. The summed E-state index contributed by atoms with van der Waals surface area (Å²) in [7, 11) is 0. The SMILES string of the molecule is O=C(Nc1nnc(-c2ccc(Cl)s2)o1)c1ccc(Oc2ccccc2)cc1. The lowest BCUT2D eigenvalue weighted by atomic mass is 10.2. The molecule has 0 bridgehead atoms. The largest absolute Gasteiger partial charge is 0.457 e. The number of halogens is 1. The van der Waals surface area contributed by atoms with Gasteiger partial charge < -0.3 is 9.15 Å². The molecule has 2 heterocycles. The molecule has 0 aliphatic heterocycles. The molecule has 0 unspecified atom stereocenters. The van der Waals surface area contributed by atoms with Crippen LogP contribution in [0.5, 0.6) is 11.5 Å². The third-order valence-electron chi connectivity index (χ3n) is 3.52. The summed E-state index contributed by atoms with van der Waals surface area (Å²) in [4.78, 5) is 13.1. The number of nitrogens with one attached hydrogen (secondary N) is 1. The number of carbonyl (C=O) groups excluding carboxylic acids is 1. The highest BCUT2D eigenvalue weighted by Gasteiger charge is 2.14. The van der Waals surface area contributed by atoms with Crippen LogP contribution in [0.4, 0.5) is 6.01 Å². The van der Waals surface area contributed by atoms with Crippen molar-refractivity contribution >= 4 is 34.9 Å². The highest BCUT2D eigenvalue weighted by atomic mass is 35.5. The first-order valence-corrected chi connectivity index (χ1v) is 9.10. The van der Waals surface area contributed by atoms with Crippen molar-refractivity contribution in [2.24, 2.45) is 0 Å². The van der Waals surface area contributed by atoms with Gasteiger partial charge in [-0.1, -0.05) is 34.9 Å². The summed E-state index contributed by atoms with van der Waals surface area (Å²) in [5, 5.41) is 10.3. The van der Waals surface area contributed by atoms with Crippen LogP contribution in [0, 0.1) is 0 Å². The number of hydrogen-bond acceptors (Lipinski definition) is 6. The highest BCUT2D eigenvalue weighted by Crippen LogP contribution is 2.30. The van der Waals surface area contributed by atoms with E-state index in [1.54, 1.807) is 36.4 Å². The maximum Gasteiger partial charge on any atom is 0.322 e. The number of nitrogens with zero attached hydrogens (tertiary/aromatic N) is 2. The number of para-hydroxylation sites is 1. The van der Waals surface area contributed by atoms with Gasteiger partial charge in [-0.25, -0.2) is 0 Å². The van der Waals surface area contributed by atoms with E-state index in [9.17, 15) is 4.79 Å². The molecule has 0 fully saturated rings. The second kappa shape index (κ2) is 7.61. The maximum absolute atomic E-state index is 12.3. The summed E-state index contributed by atoms with van der Waals surface area (Å²) in [5.41, 5.74) is 0.439. The number of carbonyl (C=O) groups is 1. The number of aromatic nitrogens is 2. The molecule has 0 saturated carbocycles. The first-order valence-electron chi connectivity index (χ1n) is 7.91. The zero-order chi connectivity index (χ0) is 18.6. The molecule has 0 aliphatic carbocycles. The Balaban J connectivity index is 1.42. The van der Waals surface area contributed by atoms with Crippen molar-refractivity contribution in [2.45, 2.75) is 0 Å². The Labute approximate surface area is 163 Å². The highest BCUT2D eigenvalue weighted by molar-refractivity contribution is 7.19. The van der Waals surface area contributed by atoms with Crippen LogP contribution in [0.25, 0.3) is 10.8 Å². The van der Waals surface area contributed by atoms with Gasteiger partial charge in [-0.05, 0) is 48.5 Å². The Hall–Kier alpha value is -3.16. The molecule has 2 aromatic heterocycles. The van der Waals surface area contributed by atoms with Crippen LogP contribution in [-0.2, 0) is 0 Å². The fourth-order valence-corrected chi connectivity index (χ4v) is 3.24. The summed E-state index contributed by atoms with van der Waals surface area (Å²) in [5.74, 6) is 1.30. The summed E-state index contributed by atoms with van der Waals surface area (Å²) >= 11 is 7.21. The molecule has 2 aromatic carbocycles. The molecule has 8 heteroatoms. The molecule has 6 nitrogen and oxygen atoms in total. The fraction of sp³-hybridized carbons (Fsp3) is 0. The summed E-state index contributed by atoms with van der Waals surface area (Å²) < 4.78 is 11.8. The van der Waals surface area contributed by atoms with E-state index in [0.717, 1.165) is 10.6 Å². The van der Waals surface area contributed by atoms with Crippen molar-refractivity contribution in [3.8, 4) is 22.3 Å². The van der Waals surface area contributed by atoms with Gasteiger partial charge in [-0.15, -0.1) is 16.4 Å². The van der Waals surface area contributed by atoms with Gasteiger partial charge in [0.25, 0.3) is 11.8 Å². The van der Waals surface area contributed by atoms with Gasteiger partial charge in [0.2, 0.25) is 0 Å². The molecular formula is C19H12ClN3O3S. The van der Waals surface area contributed by atoms with E-state index in [-0.39, 0.29) is 11.9 Å². The van der Waals surface area contributed by atoms with Gasteiger partial charge in [-0.2, -0.15) is 0 Å². The Morgan fingerprint density at radius 2 is 1.70 bits per heavy atom. The molecular weight excluding hydrogens is 386 g/mol. The fourth-order valence-electron chi connectivity index (χ4n) is 2.27. The minimum Gasteiger partial charge on any atom is -0.457 e. The topological polar surface area (TPSA) is 77.3 Å². The van der Waals surface area contributed by atoms with Crippen molar-refractivity contribution in [2.75, 3.05) is 5.32 Å². The summed E-state index contributed by atoms with van der Waals surface area (Å²) in [6, 6.07) is 19.7. The second-order valence-corrected chi connectivity index (χ2v) is 7.12. The number of rotatable bonds is 5. The van der Waals surface area contributed by atoms with Crippen LogP contribution in [0.1, 0.15) is 10.4 Å². The van der Waals surface area contributed by atoms with Crippen LogP contribution in [0.3, 0.4) is 0 Å². The molecule has 0 atom stereocenters. The lowest BCUT2D eigenvalue weighted by Crippen LogP contribution is -2.11. The summed E-state index contributed by atoms with van der Waals surface area (Å²) in [6.07, 6.45) is 0. The lowest BCUT2D eigenvalue weighted by molar-refractivity contribution is 0.102. The number of ether oxygens (including phenoxy) is 1. The van der Waals surface area contributed by atoms with E-state index in [0.29, 0.717) is 21.5 Å². The average molecular weight is 398 g/mol. The van der Waals surface area contributed by atoms with Crippen molar-refractivity contribution in [3.63, 3.8) is 0 Å². The Bertz CT molecular complexity index is 1060. The standard InChI is InChI=1S/C19H12ClN3O3S/c20-16-11-10-15(27-16)18-22-23-19(26-18)21-17(24)12-6-8-14(9-7-12)25-13-4-2-1-3-5-13/h1-11H,(H,21,23,24). The predicted molar refractivity (Wildman–Crippen MR) is 104 cm³/mol. The Morgan fingerprint density at radius 1 is 0.963 bits per heavy atom. The van der Waals surface area contributed by atoms with E-state index in [1.165, 1.54) is 11.3 Å². The van der Waals surface area contributed by atoms with Crippen molar-refractivity contribution in [1.29, 1.82) is 0 Å². The first kappa shape index (κ1) is 17.3. The normalized spacial score (nSPS) is 10.6. The molecule has 134 valence electrons. The maximum atomic E-state index is 12.3. The van der Waals surface area contributed by atoms with Crippen LogP contribution < -0.4 is 10.1 Å². The summed E-state index contributed by atoms with van der Waals surface area (Å²) in [6.45, 7) is 0. The molecule has 0 spiro atoms. The molecule has 0 saturated heterocycles. The molecule has 4 rings (SSSR count). The second-order valence-electron chi connectivity index (χ2n) is 5.41. The van der Waals surface area contributed by atoms with Crippen LogP contribution in [0.2, 0.25) is 4.34 Å². The Morgan fingerprint density at radius 3 is 2.41 bits per heavy atom. The van der Waals surface area contributed by atoms with Crippen LogP contribution in [-0.4, -0.2) is 16.1 Å². The van der Waals surface area contributed by atoms with Gasteiger partial charge in [-0.3, -0.25) is 10.1 Å². The van der Waals surface area contributed by atoms with E-state index >= 15 is 0 Å². The Kier molecular flexibility index (Phi) is 4.86. The van der Waals surface area contributed by atoms with Gasteiger partial charge in [0, 0.05) is 5.56 Å². The van der Waals surface area contributed by atoms with E-state index in [4.69, 9.17) is 20.8 Å². The number of thiophene rings is 1. The zero-order valence-corrected chi connectivity index (χ0v) is 15.3. The van der Waals surface area contributed by atoms with Crippen molar-refractivity contribution in [1.82, 2.24) is 10.2 Å². The van der Waals surface area contributed by atoms with E-state index in [1.807, 2.05) is 30.3 Å². The zero-order valence-electron chi connectivity index (χ0n) is 13.8. The van der Waals surface area contributed by atoms with Gasteiger partial charge in [0.15, 0.2) is 0 Å². The van der Waals surface area contributed by atoms with Gasteiger partial charge >= 0.3 is 6.01 Å². The number of hydrogen-bond donors (Lipinski definition) is 1. The lowest BCUT2D eigenvalue weighted by Gasteiger charge is -2.06. The third-order valence-corrected chi connectivity index (χ3v) is 4.74. The molecule has 27 heavy (non-hydrogen) atoms. The molecule has 1 amide bonds. The number of anilines is 1. The third kappa shape index (κ3) is 4.16. The molecule has 4 aromatic rings. The average Bonchev–Trinajstić information content (AvgIpc) is 3.32. The van der Waals surface area contributed by atoms with Gasteiger partial charge in [0.05, 0.1) is 9.21 Å². The number of benzene rings is 2. The quantitative estimate of drug-likeness (QED) is 0.481. The monoisotopic (exact) mass is 397 g/mol.